The lowest BCUT2D eigenvalue weighted by Crippen LogP contribution is -2.41. The van der Waals surface area contributed by atoms with Crippen molar-refractivity contribution in [1.29, 1.82) is 0 Å². The Balaban J connectivity index is 1.01. The average molecular weight is 1150 g/mol. The molecular formula is C63H65N4O15P. The number of nitrogens with one attached hydrogen (secondary N) is 2. The zero-order valence-corrected chi connectivity index (χ0v) is 47.8. The van der Waals surface area contributed by atoms with Crippen LogP contribution in [0.2, 0.25) is 0 Å². The van der Waals surface area contributed by atoms with Crippen LogP contribution in [0.3, 0.4) is 0 Å². The summed E-state index contributed by atoms with van der Waals surface area (Å²) < 4.78 is 81.4. The van der Waals surface area contributed by atoms with E-state index in [0.717, 1.165) is 33.4 Å². The van der Waals surface area contributed by atoms with Gasteiger partial charge in [0.15, 0.2) is 0 Å². The molecule has 2 aliphatic heterocycles. The summed E-state index contributed by atoms with van der Waals surface area (Å²) in [6, 6.07) is 49.3. The van der Waals surface area contributed by atoms with E-state index in [1.54, 1.807) is 42.3 Å². The summed E-state index contributed by atoms with van der Waals surface area (Å²) in [4.78, 5) is 57.2. The molecule has 19 nitrogen and oxygen atoms in total. The second kappa shape index (κ2) is 24.8. The molecule has 0 spiro atoms. The van der Waals surface area contributed by atoms with Gasteiger partial charge in [-0.25, -0.2) is 9.59 Å². The molecule has 0 bridgehead atoms. The van der Waals surface area contributed by atoms with Crippen LogP contribution < -0.4 is 41.4 Å². The highest BCUT2D eigenvalue weighted by Crippen LogP contribution is 2.52. The van der Waals surface area contributed by atoms with Crippen molar-refractivity contribution < 1.29 is 51.5 Å². The predicted molar refractivity (Wildman–Crippen MR) is 309 cm³/mol. The molecule has 1 unspecified atom stereocenters. The molecule has 0 saturated carbocycles. The fraction of sp³-hybridized carbons (Fsp3) is 0.302. The van der Waals surface area contributed by atoms with Crippen LogP contribution in [0, 0.1) is 13.8 Å². The van der Waals surface area contributed by atoms with Crippen molar-refractivity contribution in [2.24, 2.45) is 0 Å². The third-order valence-corrected chi connectivity index (χ3v) is 16.5. The second-order valence-electron chi connectivity index (χ2n) is 20.4. The molecule has 0 radical (unpaired) electrons. The lowest BCUT2D eigenvalue weighted by molar-refractivity contribution is -0.101. The minimum Gasteiger partial charge on any atom is -0.497 e. The maximum Gasteiger partial charge on any atom is 0.330 e. The normalized spacial score (nSPS) is 19.7. The summed E-state index contributed by atoms with van der Waals surface area (Å²) in [6.07, 6.45) is -3.18. The molecule has 10 rings (SSSR count). The van der Waals surface area contributed by atoms with Crippen molar-refractivity contribution in [3.63, 3.8) is 0 Å². The highest BCUT2D eigenvalue weighted by molar-refractivity contribution is 7.53. The third kappa shape index (κ3) is 12.1. The zero-order valence-electron chi connectivity index (χ0n) is 46.9. The number of aromatic amines is 2. The predicted octanol–water partition coefficient (Wildman–Crippen LogP) is 8.92. The first-order chi connectivity index (χ1) is 40.1. The Morgan fingerprint density at radius 1 is 0.494 bits per heavy atom. The zero-order chi connectivity index (χ0) is 58.5. The van der Waals surface area contributed by atoms with Crippen LogP contribution in [0.5, 0.6) is 23.0 Å². The molecule has 4 heterocycles. The van der Waals surface area contributed by atoms with Gasteiger partial charge in [-0.2, -0.15) is 0 Å². The summed E-state index contributed by atoms with van der Waals surface area (Å²) >= 11 is 0. The van der Waals surface area contributed by atoms with Crippen LogP contribution in [0.25, 0.3) is 0 Å². The van der Waals surface area contributed by atoms with Crippen LogP contribution in [0.15, 0.2) is 189 Å². The smallest absolute Gasteiger partial charge is 0.330 e. The van der Waals surface area contributed by atoms with Gasteiger partial charge in [0.1, 0.15) is 58.9 Å². The first kappa shape index (κ1) is 58.1. The summed E-state index contributed by atoms with van der Waals surface area (Å²) in [5.74, 6) is 2.49. The fourth-order valence-electron chi connectivity index (χ4n) is 10.9. The molecule has 2 aromatic heterocycles. The number of aromatic nitrogens is 4. The van der Waals surface area contributed by atoms with Gasteiger partial charge in [0.25, 0.3) is 11.1 Å². The Hall–Kier alpha value is -8.13. The summed E-state index contributed by atoms with van der Waals surface area (Å²) in [7, 11) is 2.14. The molecule has 83 heavy (non-hydrogen) atoms. The van der Waals surface area contributed by atoms with Gasteiger partial charge in [0, 0.05) is 43.0 Å². The van der Waals surface area contributed by atoms with Crippen molar-refractivity contribution in [3.8, 4) is 23.0 Å². The van der Waals surface area contributed by atoms with Crippen molar-refractivity contribution in [2.45, 2.75) is 74.8 Å². The van der Waals surface area contributed by atoms with Gasteiger partial charge in [-0.05, 0) is 95.8 Å². The van der Waals surface area contributed by atoms with Gasteiger partial charge in [-0.15, -0.1) is 0 Å². The number of methoxy groups -OCH3 is 4. The SMILES string of the molecule is COc1ccc(C(OC[C@H]2O[C@@H](n3cc(C)c(=O)[nH]c3=O)C[C@@H]2OP(C)(=O)OC[C@H]2O[C@@H](n3cc(C)c(=O)[nH]c3=O)C[C@@H]2OC(c2ccccc2)(c2ccc(OC)cc2)c2ccc(OC)cc2)(c2ccccc2)c2ccc(OC)cc2)cc1. The van der Waals surface area contributed by atoms with Crippen LogP contribution in [0.4, 0.5) is 0 Å². The number of hydrogen-bond acceptors (Lipinski definition) is 15. The molecule has 6 aromatic carbocycles. The molecule has 2 saturated heterocycles. The van der Waals surface area contributed by atoms with Gasteiger partial charge in [-0.1, -0.05) is 109 Å². The number of aryl methyl sites for hydroxylation is 2. The molecule has 2 aliphatic rings. The largest absolute Gasteiger partial charge is 0.497 e. The van der Waals surface area contributed by atoms with E-state index in [0.29, 0.717) is 23.0 Å². The van der Waals surface area contributed by atoms with E-state index in [-0.39, 0.29) is 37.2 Å². The van der Waals surface area contributed by atoms with Gasteiger partial charge in [0.2, 0.25) is 0 Å². The number of nitrogens with zero attached hydrogens (tertiary/aromatic N) is 2. The van der Waals surface area contributed by atoms with Gasteiger partial charge in [0.05, 0.1) is 53.9 Å². The number of ether oxygens (including phenoxy) is 8. The van der Waals surface area contributed by atoms with Crippen molar-refractivity contribution in [1.82, 2.24) is 19.1 Å². The van der Waals surface area contributed by atoms with Crippen LogP contribution in [-0.2, 0) is 43.8 Å². The molecular weight excluding hydrogens is 1080 g/mol. The first-order valence-corrected chi connectivity index (χ1v) is 28.9. The summed E-state index contributed by atoms with van der Waals surface area (Å²) in [5, 5.41) is 0. The molecule has 7 atom stereocenters. The average Bonchev–Trinajstić information content (AvgIpc) is 3.66. The van der Waals surface area contributed by atoms with E-state index in [1.165, 1.54) is 28.2 Å². The fourth-order valence-corrected chi connectivity index (χ4v) is 12.1. The molecule has 8 aromatic rings. The maximum absolute atomic E-state index is 15.2. The van der Waals surface area contributed by atoms with Crippen molar-refractivity contribution in [2.75, 3.05) is 48.3 Å². The second-order valence-corrected chi connectivity index (χ2v) is 22.4. The van der Waals surface area contributed by atoms with Crippen LogP contribution in [0.1, 0.15) is 69.8 Å². The number of H-pyrrole nitrogens is 2. The molecule has 20 heteroatoms. The van der Waals surface area contributed by atoms with E-state index in [2.05, 4.69) is 9.97 Å². The van der Waals surface area contributed by atoms with Gasteiger partial charge >= 0.3 is 19.0 Å². The lowest BCUT2D eigenvalue weighted by atomic mass is 9.79. The molecule has 0 amide bonds. The van der Waals surface area contributed by atoms with E-state index in [1.807, 2.05) is 158 Å². The minimum atomic E-state index is -4.21. The molecule has 432 valence electrons. The topological polar surface area (TPSA) is 219 Å². The van der Waals surface area contributed by atoms with Crippen LogP contribution in [-0.4, -0.2) is 91.8 Å². The number of hydrogen-bond donors (Lipinski definition) is 2. The molecule has 0 aliphatic carbocycles. The van der Waals surface area contributed by atoms with E-state index < -0.39 is 78.2 Å². The Morgan fingerprint density at radius 3 is 1.24 bits per heavy atom. The first-order valence-electron chi connectivity index (χ1n) is 26.9. The highest BCUT2D eigenvalue weighted by Gasteiger charge is 2.49. The van der Waals surface area contributed by atoms with Crippen molar-refractivity contribution in [3.05, 3.63) is 256 Å². The molecule has 2 N–H and O–H groups in total. The highest BCUT2D eigenvalue weighted by atomic mass is 31.2. The monoisotopic (exact) mass is 1150 g/mol. The van der Waals surface area contributed by atoms with Gasteiger partial charge in [-0.3, -0.25) is 33.3 Å². The van der Waals surface area contributed by atoms with Crippen LogP contribution >= 0.6 is 7.60 Å². The Bertz CT molecular complexity index is 3700. The lowest BCUT2D eigenvalue weighted by Gasteiger charge is -2.39. The molecule has 2 fully saturated rings. The quantitative estimate of drug-likeness (QED) is 0.0478. The Labute approximate surface area is 478 Å². The number of rotatable bonds is 22. The van der Waals surface area contributed by atoms with E-state index >= 15 is 4.57 Å². The number of benzene rings is 6. The minimum absolute atomic E-state index is 0.0322. The Kier molecular flexibility index (Phi) is 17.3. The summed E-state index contributed by atoms with van der Waals surface area (Å²) in [5.41, 5.74) is -0.242. The Morgan fingerprint density at radius 2 is 0.843 bits per heavy atom. The third-order valence-electron chi connectivity index (χ3n) is 15.2. The summed E-state index contributed by atoms with van der Waals surface area (Å²) in [6.45, 7) is 3.91. The van der Waals surface area contributed by atoms with Gasteiger partial charge < -0.3 is 46.9 Å². The standard InChI is InChI=1S/C63H65N4O15P/c1-40-36-66(60(70)64-58(40)68)56-34-52(81-63(43-16-12-9-13-17-43,46-22-30-50(75-5)31-23-46)47-24-32-51(76-6)33-25-47)55(80-56)39-78-83(7,72)82-53-35-57(67-37-41(2)59(69)65-61(67)71)79-54(53)38-77-62(42-14-10-8-11-15-42,44-18-26-48(73-3)27-19-44)45-20-28-49(74-4)29-21-45/h8-33,36-37,52-57H,34-35,38-39H2,1-7H3,(H,64,68,70)(H,65,69,71)/t52-,53-,54+,55+,56+,57+,83?/m0/s1. The van der Waals surface area contributed by atoms with Crippen molar-refractivity contribution >= 4 is 7.60 Å². The maximum atomic E-state index is 15.2. The van der Waals surface area contributed by atoms with E-state index in [9.17, 15) is 19.2 Å². The van der Waals surface area contributed by atoms with E-state index in [4.69, 9.17) is 46.9 Å².